The number of allylic oxidation sites excluding steroid dienone is 1. The molecule has 1 nitrogen and oxygen atoms in total. The van der Waals surface area contributed by atoms with Crippen LogP contribution in [0.1, 0.15) is 66.8 Å². The van der Waals surface area contributed by atoms with E-state index in [4.69, 9.17) is 3.95 Å². The summed E-state index contributed by atoms with van der Waals surface area (Å²) in [6, 6.07) is 41.7. The number of rotatable bonds is 14. The molecule has 0 aliphatic heterocycles. The third-order valence-electron chi connectivity index (χ3n) is 9.79. The predicted octanol–water partition coefficient (Wildman–Crippen LogP) is 18.5. The van der Waals surface area contributed by atoms with Crippen molar-refractivity contribution in [3.63, 3.8) is 0 Å². The van der Waals surface area contributed by atoms with E-state index >= 15 is 0 Å². The molecule has 6 aromatic heterocycles. The van der Waals surface area contributed by atoms with Gasteiger partial charge in [-0.2, -0.15) is 0 Å². The van der Waals surface area contributed by atoms with Gasteiger partial charge in [-0.05, 0) is 111 Å². The van der Waals surface area contributed by atoms with Crippen molar-refractivity contribution in [1.82, 2.24) is 0 Å². The Hall–Kier alpha value is -4.75. The van der Waals surface area contributed by atoms with Crippen LogP contribution >= 0.6 is 88.1 Å². The van der Waals surface area contributed by atoms with Crippen LogP contribution in [0.4, 0.5) is 0 Å². The summed E-state index contributed by atoms with van der Waals surface area (Å²) in [4.78, 5) is 12.4. The zero-order chi connectivity index (χ0) is 41.5. The molecule has 8 heteroatoms. The Kier molecular flexibility index (Phi) is 13.3. The summed E-state index contributed by atoms with van der Waals surface area (Å²) in [5.41, 5.74) is 2.49. The minimum atomic E-state index is -1.73. The molecule has 0 amide bonds. The fourth-order valence-electron chi connectivity index (χ4n) is 6.83. The molecule has 3 aromatic carbocycles. The van der Waals surface area contributed by atoms with Gasteiger partial charge in [0, 0.05) is 29.3 Å². The molecule has 0 spiro atoms. The molecule has 0 fully saturated rings. The first-order valence-electron chi connectivity index (χ1n) is 19.5. The van der Waals surface area contributed by atoms with E-state index in [0.29, 0.717) is 0 Å². The molecule has 0 radical (unpaired) electrons. The molecule has 61 heavy (non-hydrogen) atoms. The molecule has 0 aliphatic carbocycles. The summed E-state index contributed by atoms with van der Waals surface area (Å²) in [7, 11) is 0. The van der Waals surface area contributed by atoms with Crippen LogP contribution in [0, 0.1) is 3.57 Å². The topological polar surface area (TPSA) is 26.0 Å². The van der Waals surface area contributed by atoms with E-state index in [1.54, 1.807) is 34.0 Å². The van der Waals surface area contributed by atoms with Gasteiger partial charge in [-0.1, -0.05) is 66.7 Å². The standard InChI is InChI=1S/C53H40INS6/c1-36(2)54(55)37-34-47(57-35-37)28-27-44-22-21-41(59-44)18-20-43-24-26-46(61-43)30-32-53-50-11-5-3-9-48(50)52(49-10-4-6-12-51(49)53)31-29-45-25-23-42(60-45)19-17-40-16-15-39(58-40)14-13-38-8-7-33-56-38/h3-35H,1,55H2,2H3/b14-13+,19-17+,20-18+,28-27+,31-29+,32-30+. The van der Waals surface area contributed by atoms with Gasteiger partial charge in [-0.15, -0.1) is 34.0 Å². The SMILES string of the molecule is C=C(C)I(N)c1csc(/C=C/c2ccc(/C=C/c3ccc(/C=C/c4c5ccccc5c(/C=C/c5ccc(/C=C/c6ccc(/C=C/c7cccs7)s6)s5)c5ccccc45)s3)s2)c1. The van der Waals surface area contributed by atoms with Crippen molar-refractivity contribution in [1.29, 1.82) is 0 Å². The molecule has 9 aromatic rings. The number of nitrogens with two attached hydrogens (primary N) is 1. The predicted molar refractivity (Wildman–Crippen MR) is 293 cm³/mol. The van der Waals surface area contributed by atoms with E-state index in [1.807, 2.05) is 40.9 Å². The van der Waals surface area contributed by atoms with Crippen LogP contribution in [0.15, 0.2) is 136 Å². The van der Waals surface area contributed by atoms with Crippen molar-refractivity contribution in [3.05, 3.63) is 200 Å². The summed E-state index contributed by atoms with van der Waals surface area (Å²) in [5.74, 6) is 0. The second-order valence-electron chi connectivity index (χ2n) is 14.1. The summed E-state index contributed by atoms with van der Waals surface area (Å²) in [6.45, 7) is 6.12. The molecule has 9 rings (SSSR count). The van der Waals surface area contributed by atoms with Crippen molar-refractivity contribution in [2.45, 2.75) is 6.92 Å². The van der Waals surface area contributed by atoms with Gasteiger partial charge < -0.3 is 0 Å². The van der Waals surface area contributed by atoms with Crippen molar-refractivity contribution in [2.24, 2.45) is 3.95 Å². The third kappa shape index (κ3) is 10.3. The van der Waals surface area contributed by atoms with Crippen molar-refractivity contribution in [3.8, 4) is 0 Å². The molecular weight excluding hydrogens is 970 g/mol. The average Bonchev–Trinajstić information content (AvgIpc) is 4.14. The molecule has 0 unspecified atom stereocenters. The second kappa shape index (κ2) is 19.5. The average molecular weight is 1010 g/mol. The van der Waals surface area contributed by atoms with Gasteiger partial charge in [0.2, 0.25) is 0 Å². The van der Waals surface area contributed by atoms with E-state index in [-0.39, 0.29) is 0 Å². The molecule has 6 heterocycles. The van der Waals surface area contributed by atoms with Gasteiger partial charge in [0.15, 0.2) is 0 Å². The van der Waals surface area contributed by atoms with Gasteiger partial charge in [0.05, 0.1) is 0 Å². The molecule has 0 atom stereocenters. The van der Waals surface area contributed by atoms with Crippen LogP contribution in [0.3, 0.4) is 0 Å². The van der Waals surface area contributed by atoms with Crippen LogP contribution in [0.5, 0.6) is 0 Å². The van der Waals surface area contributed by atoms with E-state index < -0.39 is 20.1 Å². The number of fused-ring (bicyclic) bond motifs is 2. The minimum absolute atomic E-state index is 1.13. The quantitative estimate of drug-likeness (QED) is 0.0656. The van der Waals surface area contributed by atoms with E-state index in [9.17, 15) is 0 Å². The number of benzene rings is 3. The third-order valence-corrected chi connectivity index (χ3v) is 20.0. The summed E-state index contributed by atoms with van der Waals surface area (Å²) in [6.07, 6.45) is 26.8. The number of thiophene rings is 6. The van der Waals surface area contributed by atoms with Crippen LogP contribution in [0.2, 0.25) is 0 Å². The van der Waals surface area contributed by atoms with Gasteiger partial charge in [0.1, 0.15) is 0 Å². The van der Waals surface area contributed by atoms with E-state index in [0.717, 1.165) is 3.58 Å². The van der Waals surface area contributed by atoms with E-state index in [1.165, 1.54) is 85.0 Å². The Bertz CT molecular complexity index is 3090. The number of hydrogen-bond acceptors (Lipinski definition) is 7. The van der Waals surface area contributed by atoms with Crippen LogP contribution in [-0.4, -0.2) is 0 Å². The van der Waals surface area contributed by atoms with Gasteiger partial charge in [-0.3, -0.25) is 0 Å². The molecule has 2 N–H and O–H groups in total. The van der Waals surface area contributed by atoms with E-state index in [2.05, 4.69) is 206 Å². The van der Waals surface area contributed by atoms with Crippen molar-refractivity contribution in [2.75, 3.05) is 0 Å². The summed E-state index contributed by atoms with van der Waals surface area (Å²) >= 11 is 9.01. The molecular formula is C53H40INS6. The maximum atomic E-state index is 6.41. The maximum absolute atomic E-state index is 6.41. The Labute approximate surface area is 389 Å². The number of halogens is 1. The number of hydrogen-bond donors (Lipinski definition) is 1. The summed E-state index contributed by atoms with van der Waals surface area (Å²) in [5, 5.41) is 9.32. The Morgan fingerprint density at radius 3 is 1.11 bits per heavy atom. The first-order valence-corrected chi connectivity index (χ1v) is 28.0. The van der Waals surface area contributed by atoms with Crippen LogP contribution < -0.4 is 3.95 Å². The Morgan fingerprint density at radius 1 is 0.426 bits per heavy atom. The van der Waals surface area contributed by atoms with Crippen LogP contribution in [-0.2, 0) is 0 Å². The van der Waals surface area contributed by atoms with Crippen LogP contribution in [0.25, 0.3) is 94.5 Å². The summed E-state index contributed by atoms with van der Waals surface area (Å²) < 4.78 is 8.83. The fraction of sp³-hybridized carbons (Fsp3) is 0.0189. The Morgan fingerprint density at radius 2 is 0.770 bits per heavy atom. The molecule has 0 saturated heterocycles. The molecule has 300 valence electrons. The fourth-order valence-corrected chi connectivity index (χ4v) is 14.6. The zero-order valence-corrected chi connectivity index (χ0v) is 40.2. The normalized spacial score (nSPS) is 12.7. The molecule has 0 aliphatic rings. The van der Waals surface area contributed by atoms with Crippen molar-refractivity contribution < 1.29 is 0 Å². The zero-order valence-electron chi connectivity index (χ0n) is 33.2. The molecule has 0 bridgehead atoms. The molecule has 0 saturated carbocycles. The second-order valence-corrected chi connectivity index (χ2v) is 25.4. The van der Waals surface area contributed by atoms with Gasteiger partial charge in [-0.25, -0.2) is 0 Å². The first-order chi connectivity index (χ1) is 29.9. The van der Waals surface area contributed by atoms with Gasteiger partial charge in [0.25, 0.3) is 0 Å². The first kappa shape index (κ1) is 41.6. The van der Waals surface area contributed by atoms with Gasteiger partial charge >= 0.3 is 152 Å². The monoisotopic (exact) mass is 1010 g/mol. The van der Waals surface area contributed by atoms with Crippen molar-refractivity contribution >= 4 is 183 Å². The Balaban J connectivity index is 0.890.